The van der Waals surface area contributed by atoms with Crippen LogP contribution in [0.4, 0.5) is 0 Å². The number of carbonyl (C=O) groups is 1. The second kappa shape index (κ2) is 3.78. The summed E-state index contributed by atoms with van der Waals surface area (Å²) in [4.78, 5) is 33.4. The van der Waals surface area contributed by atoms with Gasteiger partial charge in [0.1, 0.15) is 5.60 Å². The Labute approximate surface area is 128 Å². The maximum atomic E-state index is 11.7. The lowest BCUT2D eigenvalue weighted by Gasteiger charge is -2.26. The molecule has 1 aliphatic carbocycles. The molecule has 2 aromatic heterocycles. The van der Waals surface area contributed by atoms with Crippen LogP contribution in [0.1, 0.15) is 20.1 Å². The van der Waals surface area contributed by atoms with Crippen molar-refractivity contribution in [3.8, 4) is 0 Å². The molecule has 0 amide bonds. The average molecular weight is 322 g/mol. The molecule has 1 saturated heterocycles. The van der Waals surface area contributed by atoms with Crippen molar-refractivity contribution in [1.29, 1.82) is 0 Å². The number of imidazole rings is 1. The van der Waals surface area contributed by atoms with Crippen LogP contribution in [0.15, 0.2) is 17.4 Å². The van der Waals surface area contributed by atoms with E-state index in [1.54, 1.807) is 13.8 Å². The summed E-state index contributed by atoms with van der Waals surface area (Å²) in [5.74, 6) is -1.38. The Morgan fingerprint density at radius 3 is 2.65 bits per heavy atom. The largest absolute Gasteiger partial charge is 0.479 e. The Morgan fingerprint density at radius 1 is 1.35 bits per heavy atom. The third kappa shape index (κ3) is 1.27. The fraction of sp³-hybridized carbons (Fsp3) is 0.538. The van der Waals surface area contributed by atoms with E-state index in [9.17, 15) is 24.9 Å². The van der Waals surface area contributed by atoms with Gasteiger partial charge in [0.15, 0.2) is 29.1 Å². The number of hydrogen-bond acceptors (Lipinski definition) is 7. The highest BCUT2D eigenvalue weighted by molar-refractivity contribution is 5.78. The van der Waals surface area contributed by atoms with E-state index in [1.807, 2.05) is 0 Å². The van der Waals surface area contributed by atoms with Crippen LogP contribution in [0.2, 0.25) is 0 Å². The average Bonchev–Trinajstić information content (AvgIpc) is 2.86. The van der Waals surface area contributed by atoms with Gasteiger partial charge >= 0.3 is 5.97 Å². The fourth-order valence-corrected chi connectivity index (χ4v) is 3.79. The molecule has 3 heterocycles. The van der Waals surface area contributed by atoms with Crippen molar-refractivity contribution in [2.45, 2.75) is 37.4 Å². The van der Waals surface area contributed by atoms with E-state index in [4.69, 9.17) is 4.74 Å². The fourth-order valence-electron chi connectivity index (χ4n) is 3.79. The molecule has 10 nitrogen and oxygen atoms in total. The molecule has 1 aliphatic heterocycles. The molecule has 2 aliphatic rings. The van der Waals surface area contributed by atoms with E-state index >= 15 is 0 Å². The predicted octanol–water partition coefficient (Wildman–Crippen LogP) is -1.40. The lowest BCUT2D eigenvalue weighted by molar-refractivity contribution is -0.167. The Morgan fingerprint density at radius 2 is 2.04 bits per heavy atom. The summed E-state index contributed by atoms with van der Waals surface area (Å²) < 4.78 is 6.66. The lowest BCUT2D eigenvalue weighted by Crippen LogP contribution is -2.39. The van der Waals surface area contributed by atoms with E-state index in [0.717, 1.165) is 0 Å². The van der Waals surface area contributed by atoms with Crippen molar-refractivity contribution in [1.82, 2.24) is 19.5 Å². The van der Waals surface area contributed by atoms with Crippen molar-refractivity contribution >= 4 is 17.1 Å². The molecule has 0 bridgehead atoms. The van der Waals surface area contributed by atoms with E-state index in [-0.39, 0.29) is 11.2 Å². The number of hydrogen-bond donors (Lipinski definition) is 4. The molecule has 4 rings (SSSR count). The molecule has 2 aromatic rings. The normalized spacial score (nSPS) is 37.7. The minimum Gasteiger partial charge on any atom is -0.479 e. The number of carboxylic acids is 1. The standard InChI is InChI=1S/C13H14N4O6/c1-11(2)12(21)6(9(19)20)23-10(13(11,12)22)17-4-16-5-7(17)14-3-15-8(5)18/h3-4,6,10,21-22H,1-2H3,(H,19,20)(H,14,15,18)/t6-,10-,12-,13+/m1/s1. The van der Waals surface area contributed by atoms with Gasteiger partial charge < -0.3 is 25.0 Å². The summed E-state index contributed by atoms with van der Waals surface area (Å²) in [6.45, 7) is 3.11. The Bertz CT molecular complexity index is 903. The monoisotopic (exact) mass is 322 g/mol. The van der Waals surface area contributed by atoms with Crippen LogP contribution >= 0.6 is 0 Å². The molecule has 0 unspecified atom stereocenters. The molecule has 0 aromatic carbocycles. The van der Waals surface area contributed by atoms with E-state index < -0.39 is 40.5 Å². The quantitative estimate of drug-likeness (QED) is 0.527. The Kier molecular flexibility index (Phi) is 2.35. The zero-order chi connectivity index (χ0) is 16.8. The van der Waals surface area contributed by atoms with Gasteiger partial charge in [0.2, 0.25) is 0 Å². The predicted molar refractivity (Wildman–Crippen MR) is 73.4 cm³/mol. The molecular weight excluding hydrogens is 308 g/mol. The highest BCUT2D eigenvalue weighted by Gasteiger charge is 2.94. The first-order valence-corrected chi connectivity index (χ1v) is 6.91. The highest BCUT2D eigenvalue weighted by Crippen LogP contribution is 2.75. The first-order chi connectivity index (χ1) is 10.7. The van der Waals surface area contributed by atoms with Crippen molar-refractivity contribution in [3.63, 3.8) is 0 Å². The number of H-pyrrole nitrogens is 1. The van der Waals surface area contributed by atoms with Crippen molar-refractivity contribution in [2.24, 2.45) is 5.41 Å². The minimum atomic E-state index is -1.95. The molecule has 0 radical (unpaired) electrons. The maximum Gasteiger partial charge on any atom is 0.336 e. The number of aliphatic carboxylic acids is 1. The van der Waals surface area contributed by atoms with Crippen molar-refractivity contribution in [2.75, 3.05) is 0 Å². The molecule has 2 fully saturated rings. The third-order valence-electron chi connectivity index (χ3n) is 5.27. The van der Waals surface area contributed by atoms with Gasteiger partial charge in [-0.2, -0.15) is 0 Å². The molecule has 1 saturated carbocycles. The van der Waals surface area contributed by atoms with Gasteiger partial charge in [0.25, 0.3) is 5.56 Å². The van der Waals surface area contributed by atoms with Crippen LogP contribution in [-0.2, 0) is 9.53 Å². The summed E-state index contributed by atoms with van der Waals surface area (Å²) in [6.07, 6.45) is -0.440. The van der Waals surface area contributed by atoms with Crippen LogP contribution < -0.4 is 5.56 Å². The summed E-state index contributed by atoms with van der Waals surface area (Å²) >= 11 is 0. The Balaban J connectivity index is 1.91. The van der Waals surface area contributed by atoms with Crippen molar-refractivity contribution < 1.29 is 24.9 Å². The number of fused-ring (bicyclic) bond motifs is 2. The third-order valence-corrected chi connectivity index (χ3v) is 5.27. The SMILES string of the molecule is CC1(C)[C@]2(O)[C@@H](C(=O)O)O[C@@H](n3cnc4c(=O)[nH]cnc43)[C@]12O. The molecule has 4 atom stereocenters. The summed E-state index contributed by atoms with van der Waals surface area (Å²) in [5.41, 5.74) is -5.23. The zero-order valence-corrected chi connectivity index (χ0v) is 12.2. The molecule has 10 heteroatoms. The van der Waals surface area contributed by atoms with Gasteiger partial charge in [-0.1, -0.05) is 13.8 Å². The summed E-state index contributed by atoms with van der Waals surface area (Å²) in [6, 6.07) is 0. The summed E-state index contributed by atoms with van der Waals surface area (Å²) in [7, 11) is 0. The molecule has 4 N–H and O–H groups in total. The van der Waals surface area contributed by atoms with Crippen LogP contribution in [-0.4, -0.2) is 58.1 Å². The molecular formula is C13H14N4O6. The van der Waals surface area contributed by atoms with Gasteiger partial charge in [0.05, 0.1) is 12.7 Å². The number of carboxylic acid groups (broad SMARTS) is 1. The van der Waals surface area contributed by atoms with Gasteiger partial charge in [-0.3, -0.25) is 9.36 Å². The Hall–Kier alpha value is -2.30. The number of aromatic nitrogens is 4. The highest BCUT2D eigenvalue weighted by atomic mass is 16.6. The van der Waals surface area contributed by atoms with Gasteiger partial charge in [-0.05, 0) is 0 Å². The van der Waals surface area contributed by atoms with E-state index in [1.165, 1.54) is 17.2 Å². The number of aromatic amines is 1. The number of nitrogens with zero attached hydrogens (tertiary/aromatic N) is 3. The first kappa shape index (κ1) is 14.3. The summed E-state index contributed by atoms with van der Waals surface area (Å²) in [5, 5.41) is 30.9. The second-order valence-electron chi connectivity index (χ2n) is 6.42. The molecule has 23 heavy (non-hydrogen) atoms. The smallest absolute Gasteiger partial charge is 0.336 e. The molecule has 122 valence electrons. The minimum absolute atomic E-state index is 0.0282. The van der Waals surface area contributed by atoms with Crippen LogP contribution in [0.5, 0.6) is 0 Å². The number of rotatable bonds is 2. The maximum absolute atomic E-state index is 11.7. The second-order valence-corrected chi connectivity index (χ2v) is 6.42. The number of ether oxygens (including phenoxy) is 1. The number of nitrogens with one attached hydrogen (secondary N) is 1. The van der Waals surface area contributed by atoms with E-state index in [0.29, 0.717) is 0 Å². The van der Waals surface area contributed by atoms with Crippen LogP contribution in [0.25, 0.3) is 11.2 Å². The molecule has 0 spiro atoms. The van der Waals surface area contributed by atoms with Crippen molar-refractivity contribution in [3.05, 3.63) is 23.0 Å². The topological polar surface area (TPSA) is 151 Å². The van der Waals surface area contributed by atoms with Crippen LogP contribution in [0.3, 0.4) is 0 Å². The first-order valence-electron chi connectivity index (χ1n) is 6.91. The van der Waals surface area contributed by atoms with Crippen LogP contribution in [0, 0.1) is 5.41 Å². The van der Waals surface area contributed by atoms with Gasteiger partial charge in [0, 0.05) is 5.41 Å². The lowest BCUT2D eigenvalue weighted by atomic mass is 10.0. The van der Waals surface area contributed by atoms with E-state index in [2.05, 4.69) is 15.0 Å². The van der Waals surface area contributed by atoms with Gasteiger partial charge in [-0.25, -0.2) is 14.8 Å². The van der Waals surface area contributed by atoms with Gasteiger partial charge in [-0.15, -0.1) is 0 Å². The zero-order valence-electron chi connectivity index (χ0n) is 12.2. The number of aliphatic hydroxyl groups is 2.